The molecule has 1 aliphatic carbocycles. The Labute approximate surface area is 80.8 Å². The lowest BCUT2D eigenvalue weighted by Gasteiger charge is -2.34. The predicted molar refractivity (Wildman–Crippen MR) is 52.9 cm³/mol. The van der Waals surface area contributed by atoms with Gasteiger partial charge in [-0.1, -0.05) is 0 Å². The smallest absolute Gasteiger partial charge is 0.0704 e. The van der Waals surface area contributed by atoms with E-state index in [1.807, 2.05) is 14.0 Å². The lowest BCUT2D eigenvalue weighted by molar-refractivity contribution is -0.0506. The average molecular weight is 187 g/mol. The van der Waals surface area contributed by atoms with Crippen LogP contribution in [0.3, 0.4) is 0 Å². The fraction of sp³-hybridized carbons (Fsp3) is 1.00. The van der Waals surface area contributed by atoms with Crippen LogP contribution in [0.2, 0.25) is 0 Å². The summed E-state index contributed by atoms with van der Waals surface area (Å²) in [5.74, 6) is 0.835. The van der Waals surface area contributed by atoms with Gasteiger partial charge in [0.05, 0.1) is 19.3 Å². The molecule has 3 heteroatoms. The molecule has 1 aliphatic rings. The van der Waals surface area contributed by atoms with Gasteiger partial charge in [-0.15, -0.1) is 0 Å². The summed E-state index contributed by atoms with van der Waals surface area (Å²) >= 11 is 0. The molecule has 1 fully saturated rings. The van der Waals surface area contributed by atoms with Crippen molar-refractivity contribution in [1.29, 1.82) is 0 Å². The lowest BCUT2D eigenvalue weighted by Crippen LogP contribution is -2.37. The third-order valence-electron chi connectivity index (χ3n) is 2.47. The van der Waals surface area contributed by atoms with Crippen LogP contribution in [0.5, 0.6) is 0 Å². The van der Waals surface area contributed by atoms with Crippen molar-refractivity contribution in [3.8, 4) is 0 Å². The maximum absolute atomic E-state index is 5.60. The van der Waals surface area contributed by atoms with E-state index in [0.29, 0.717) is 6.10 Å². The van der Waals surface area contributed by atoms with Crippen LogP contribution >= 0.6 is 0 Å². The summed E-state index contributed by atoms with van der Waals surface area (Å²) in [6, 6.07) is 0. The zero-order chi connectivity index (χ0) is 9.52. The van der Waals surface area contributed by atoms with Gasteiger partial charge in [0.25, 0.3) is 0 Å². The monoisotopic (exact) mass is 187 g/mol. The summed E-state index contributed by atoms with van der Waals surface area (Å²) in [6.07, 6.45) is 2.93. The summed E-state index contributed by atoms with van der Waals surface area (Å²) in [6.45, 7) is 5.42. The van der Waals surface area contributed by atoms with Gasteiger partial charge >= 0.3 is 0 Å². The van der Waals surface area contributed by atoms with Crippen LogP contribution in [-0.2, 0) is 9.47 Å². The second kappa shape index (κ2) is 6.35. The third-order valence-corrected chi connectivity index (χ3v) is 2.47. The highest BCUT2D eigenvalue weighted by Crippen LogP contribution is 2.29. The molecule has 0 amide bonds. The largest absolute Gasteiger partial charge is 0.379 e. The van der Waals surface area contributed by atoms with Crippen LogP contribution in [0.4, 0.5) is 0 Å². The van der Waals surface area contributed by atoms with Crippen molar-refractivity contribution in [2.75, 3.05) is 33.4 Å². The Morgan fingerprint density at radius 2 is 2.08 bits per heavy atom. The Kier molecular flexibility index (Phi) is 5.35. The standard InChI is InChI=1S/C10H21NO2/c1-3-12-4-5-13-10-6-9(7-10)8-11-2/h9-11H,3-8H2,1-2H3. The van der Waals surface area contributed by atoms with Crippen LogP contribution < -0.4 is 5.32 Å². The maximum atomic E-state index is 5.60. The predicted octanol–water partition coefficient (Wildman–Crippen LogP) is 1.04. The van der Waals surface area contributed by atoms with Crippen LogP contribution in [0.25, 0.3) is 0 Å². The van der Waals surface area contributed by atoms with Crippen molar-refractivity contribution < 1.29 is 9.47 Å². The number of nitrogens with one attached hydrogen (secondary N) is 1. The summed E-state index contributed by atoms with van der Waals surface area (Å²) in [4.78, 5) is 0. The molecule has 1 N–H and O–H groups in total. The molecule has 0 radical (unpaired) electrons. The van der Waals surface area contributed by atoms with Gasteiger partial charge in [0.1, 0.15) is 0 Å². The van der Waals surface area contributed by atoms with E-state index < -0.39 is 0 Å². The van der Waals surface area contributed by atoms with Gasteiger partial charge in [-0.2, -0.15) is 0 Å². The van der Waals surface area contributed by atoms with Crippen molar-refractivity contribution in [1.82, 2.24) is 5.32 Å². The van der Waals surface area contributed by atoms with Gasteiger partial charge < -0.3 is 14.8 Å². The van der Waals surface area contributed by atoms with Crippen molar-refractivity contribution in [2.45, 2.75) is 25.9 Å². The number of ether oxygens (including phenoxy) is 2. The van der Waals surface area contributed by atoms with E-state index in [1.54, 1.807) is 0 Å². The SMILES string of the molecule is CCOCCOC1CC(CNC)C1. The molecular formula is C10H21NO2. The molecule has 0 unspecified atom stereocenters. The first-order chi connectivity index (χ1) is 6.36. The second-order valence-corrected chi connectivity index (χ2v) is 3.58. The van der Waals surface area contributed by atoms with E-state index in [2.05, 4.69) is 5.32 Å². The molecule has 0 aromatic carbocycles. The van der Waals surface area contributed by atoms with E-state index in [4.69, 9.17) is 9.47 Å². The molecule has 0 heterocycles. The molecular weight excluding hydrogens is 166 g/mol. The maximum Gasteiger partial charge on any atom is 0.0704 e. The van der Waals surface area contributed by atoms with Crippen LogP contribution in [-0.4, -0.2) is 39.5 Å². The molecule has 0 atom stereocenters. The topological polar surface area (TPSA) is 30.5 Å². The van der Waals surface area contributed by atoms with Gasteiger partial charge in [0.15, 0.2) is 0 Å². The van der Waals surface area contributed by atoms with E-state index >= 15 is 0 Å². The van der Waals surface area contributed by atoms with Crippen molar-refractivity contribution in [2.24, 2.45) is 5.92 Å². The van der Waals surface area contributed by atoms with Crippen LogP contribution in [0.1, 0.15) is 19.8 Å². The minimum Gasteiger partial charge on any atom is -0.379 e. The van der Waals surface area contributed by atoms with E-state index in [0.717, 1.165) is 32.3 Å². The number of rotatable bonds is 7. The summed E-state index contributed by atoms with van der Waals surface area (Å²) in [5, 5.41) is 3.19. The molecule has 13 heavy (non-hydrogen) atoms. The Morgan fingerprint density at radius 1 is 1.31 bits per heavy atom. The quantitative estimate of drug-likeness (QED) is 0.604. The number of hydrogen-bond acceptors (Lipinski definition) is 3. The Morgan fingerprint density at radius 3 is 2.69 bits per heavy atom. The molecule has 0 aliphatic heterocycles. The third kappa shape index (κ3) is 4.07. The highest BCUT2D eigenvalue weighted by Gasteiger charge is 2.28. The Hall–Kier alpha value is -0.120. The molecule has 3 nitrogen and oxygen atoms in total. The average Bonchev–Trinajstić information content (AvgIpc) is 2.07. The Balaban J connectivity index is 1.84. The summed E-state index contributed by atoms with van der Waals surface area (Å²) in [7, 11) is 2.00. The fourth-order valence-electron chi connectivity index (χ4n) is 1.68. The molecule has 78 valence electrons. The normalized spacial score (nSPS) is 27.2. The molecule has 0 bridgehead atoms. The van der Waals surface area contributed by atoms with Gasteiger partial charge in [-0.05, 0) is 39.3 Å². The van der Waals surface area contributed by atoms with Gasteiger partial charge in [-0.3, -0.25) is 0 Å². The first-order valence-electron chi connectivity index (χ1n) is 5.20. The van der Waals surface area contributed by atoms with Crippen molar-refractivity contribution in [3.05, 3.63) is 0 Å². The van der Waals surface area contributed by atoms with E-state index in [1.165, 1.54) is 12.8 Å². The highest BCUT2D eigenvalue weighted by atomic mass is 16.5. The minimum absolute atomic E-state index is 0.499. The second-order valence-electron chi connectivity index (χ2n) is 3.58. The Bertz CT molecular complexity index is 124. The molecule has 0 aromatic heterocycles. The molecule has 1 rings (SSSR count). The summed E-state index contributed by atoms with van der Waals surface area (Å²) in [5.41, 5.74) is 0. The van der Waals surface area contributed by atoms with Crippen molar-refractivity contribution in [3.63, 3.8) is 0 Å². The molecule has 0 spiro atoms. The molecule has 0 aromatic rings. The molecule has 0 saturated heterocycles. The van der Waals surface area contributed by atoms with Gasteiger partial charge in [0.2, 0.25) is 0 Å². The zero-order valence-electron chi connectivity index (χ0n) is 8.71. The van der Waals surface area contributed by atoms with Crippen LogP contribution in [0.15, 0.2) is 0 Å². The minimum atomic E-state index is 0.499. The zero-order valence-corrected chi connectivity index (χ0v) is 8.71. The van der Waals surface area contributed by atoms with E-state index in [9.17, 15) is 0 Å². The summed E-state index contributed by atoms with van der Waals surface area (Å²) < 4.78 is 10.8. The van der Waals surface area contributed by atoms with E-state index in [-0.39, 0.29) is 0 Å². The highest BCUT2D eigenvalue weighted by molar-refractivity contribution is 4.81. The number of hydrogen-bond donors (Lipinski definition) is 1. The first kappa shape index (κ1) is 11.0. The van der Waals surface area contributed by atoms with Gasteiger partial charge in [0, 0.05) is 6.61 Å². The fourth-order valence-corrected chi connectivity index (χ4v) is 1.68. The van der Waals surface area contributed by atoms with Crippen LogP contribution in [0, 0.1) is 5.92 Å². The lowest BCUT2D eigenvalue weighted by atomic mass is 9.82. The van der Waals surface area contributed by atoms with Crippen molar-refractivity contribution >= 4 is 0 Å². The van der Waals surface area contributed by atoms with Gasteiger partial charge in [-0.25, -0.2) is 0 Å². The molecule has 1 saturated carbocycles. The first-order valence-corrected chi connectivity index (χ1v) is 5.20.